The molecule has 16 heavy (non-hydrogen) atoms. The SMILES string of the molecule is CC(C)CCC1NCCOC12CCN(C)C2. The number of morpholine rings is 1. The molecule has 0 aromatic heterocycles. The zero-order valence-electron chi connectivity index (χ0n) is 11.0. The van der Waals surface area contributed by atoms with Gasteiger partial charge in [0.2, 0.25) is 0 Å². The van der Waals surface area contributed by atoms with Crippen molar-refractivity contribution in [1.29, 1.82) is 0 Å². The lowest BCUT2D eigenvalue weighted by Crippen LogP contribution is -2.59. The van der Waals surface area contributed by atoms with E-state index >= 15 is 0 Å². The van der Waals surface area contributed by atoms with E-state index < -0.39 is 0 Å². The first-order valence-electron chi connectivity index (χ1n) is 6.68. The first kappa shape index (κ1) is 12.3. The maximum absolute atomic E-state index is 6.14. The highest BCUT2D eigenvalue weighted by molar-refractivity contribution is 5.02. The Morgan fingerprint density at radius 3 is 2.94 bits per heavy atom. The van der Waals surface area contributed by atoms with E-state index in [1.165, 1.54) is 25.8 Å². The third-order valence-corrected chi connectivity index (χ3v) is 4.00. The Morgan fingerprint density at radius 1 is 1.50 bits per heavy atom. The number of likely N-dealkylation sites (N-methyl/N-ethyl adjacent to an activating group) is 1. The van der Waals surface area contributed by atoms with Crippen LogP contribution in [0.3, 0.4) is 0 Å². The molecule has 2 aliphatic rings. The summed E-state index contributed by atoms with van der Waals surface area (Å²) in [6.45, 7) is 8.79. The summed E-state index contributed by atoms with van der Waals surface area (Å²) < 4.78 is 6.14. The summed E-state index contributed by atoms with van der Waals surface area (Å²) in [6.07, 6.45) is 3.75. The van der Waals surface area contributed by atoms with Crippen molar-refractivity contribution >= 4 is 0 Å². The quantitative estimate of drug-likeness (QED) is 0.789. The van der Waals surface area contributed by atoms with Crippen LogP contribution in [0.1, 0.15) is 33.1 Å². The van der Waals surface area contributed by atoms with E-state index in [9.17, 15) is 0 Å². The Hall–Kier alpha value is -0.120. The third-order valence-electron chi connectivity index (χ3n) is 4.00. The maximum atomic E-state index is 6.14. The number of hydrogen-bond acceptors (Lipinski definition) is 3. The lowest BCUT2D eigenvalue weighted by molar-refractivity contribution is -0.0901. The molecule has 0 radical (unpaired) electrons. The van der Waals surface area contributed by atoms with Crippen LogP contribution < -0.4 is 5.32 Å². The molecule has 1 spiro atoms. The first-order valence-corrected chi connectivity index (χ1v) is 6.68. The molecule has 2 fully saturated rings. The van der Waals surface area contributed by atoms with Gasteiger partial charge in [-0.1, -0.05) is 13.8 Å². The number of likely N-dealkylation sites (tertiary alicyclic amines) is 1. The molecule has 0 bridgehead atoms. The Kier molecular flexibility index (Phi) is 3.88. The largest absolute Gasteiger partial charge is 0.371 e. The van der Waals surface area contributed by atoms with Gasteiger partial charge >= 0.3 is 0 Å². The van der Waals surface area contributed by atoms with Crippen molar-refractivity contribution < 1.29 is 4.74 Å². The Morgan fingerprint density at radius 2 is 2.31 bits per heavy atom. The molecular weight excluding hydrogens is 200 g/mol. The zero-order chi connectivity index (χ0) is 11.6. The maximum Gasteiger partial charge on any atom is 0.0973 e. The molecule has 0 amide bonds. The summed E-state index contributed by atoms with van der Waals surface area (Å²) in [5.74, 6) is 0.792. The van der Waals surface area contributed by atoms with Crippen molar-refractivity contribution in [2.75, 3.05) is 33.3 Å². The highest BCUT2D eigenvalue weighted by atomic mass is 16.5. The summed E-state index contributed by atoms with van der Waals surface area (Å²) in [7, 11) is 2.20. The van der Waals surface area contributed by atoms with Gasteiger partial charge in [-0.3, -0.25) is 0 Å². The Labute approximate surface area is 99.5 Å². The zero-order valence-corrected chi connectivity index (χ0v) is 11.0. The van der Waals surface area contributed by atoms with E-state index in [1.54, 1.807) is 0 Å². The molecule has 0 saturated carbocycles. The average molecular weight is 226 g/mol. The fourth-order valence-electron chi connectivity index (χ4n) is 3.04. The number of hydrogen-bond donors (Lipinski definition) is 1. The van der Waals surface area contributed by atoms with E-state index in [1.807, 2.05) is 0 Å². The van der Waals surface area contributed by atoms with E-state index in [-0.39, 0.29) is 5.60 Å². The fraction of sp³-hybridized carbons (Fsp3) is 1.00. The van der Waals surface area contributed by atoms with Gasteiger partial charge in [0.15, 0.2) is 0 Å². The number of nitrogens with zero attached hydrogens (tertiary/aromatic N) is 1. The molecule has 3 nitrogen and oxygen atoms in total. The number of rotatable bonds is 3. The van der Waals surface area contributed by atoms with Crippen molar-refractivity contribution in [3.05, 3.63) is 0 Å². The molecule has 2 saturated heterocycles. The monoisotopic (exact) mass is 226 g/mol. The highest BCUT2D eigenvalue weighted by Crippen LogP contribution is 2.32. The number of nitrogens with one attached hydrogen (secondary N) is 1. The van der Waals surface area contributed by atoms with Crippen LogP contribution in [0.2, 0.25) is 0 Å². The van der Waals surface area contributed by atoms with Gasteiger partial charge in [-0.15, -0.1) is 0 Å². The molecule has 94 valence electrons. The van der Waals surface area contributed by atoms with Gasteiger partial charge in [-0.25, -0.2) is 0 Å². The highest BCUT2D eigenvalue weighted by Gasteiger charge is 2.45. The topological polar surface area (TPSA) is 24.5 Å². The third kappa shape index (κ3) is 2.58. The molecule has 1 N–H and O–H groups in total. The van der Waals surface area contributed by atoms with Gasteiger partial charge in [0.1, 0.15) is 0 Å². The Bertz CT molecular complexity index is 228. The van der Waals surface area contributed by atoms with E-state index in [0.717, 1.165) is 25.6 Å². The van der Waals surface area contributed by atoms with E-state index in [2.05, 4.69) is 31.1 Å². The molecule has 2 aliphatic heterocycles. The van der Waals surface area contributed by atoms with Crippen LogP contribution in [-0.2, 0) is 4.74 Å². The van der Waals surface area contributed by atoms with Crippen molar-refractivity contribution in [2.45, 2.75) is 44.8 Å². The van der Waals surface area contributed by atoms with Crippen LogP contribution in [0.5, 0.6) is 0 Å². The normalized spacial score (nSPS) is 36.4. The summed E-state index contributed by atoms with van der Waals surface area (Å²) >= 11 is 0. The minimum absolute atomic E-state index is 0.113. The van der Waals surface area contributed by atoms with E-state index in [4.69, 9.17) is 4.74 Å². The smallest absolute Gasteiger partial charge is 0.0973 e. The van der Waals surface area contributed by atoms with Crippen LogP contribution in [-0.4, -0.2) is 49.8 Å². The minimum atomic E-state index is 0.113. The van der Waals surface area contributed by atoms with Crippen LogP contribution in [0.25, 0.3) is 0 Å². The van der Waals surface area contributed by atoms with Gasteiger partial charge in [0.05, 0.1) is 12.2 Å². The fourth-order valence-corrected chi connectivity index (χ4v) is 3.04. The second kappa shape index (κ2) is 5.03. The van der Waals surface area contributed by atoms with E-state index in [0.29, 0.717) is 6.04 Å². The molecule has 0 aliphatic carbocycles. The van der Waals surface area contributed by atoms with Crippen LogP contribution in [0, 0.1) is 5.92 Å². The van der Waals surface area contributed by atoms with Gasteiger partial charge < -0.3 is 15.0 Å². The van der Waals surface area contributed by atoms with Crippen molar-refractivity contribution in [3.8, 4) is 0 Å². The lowest BCUT2D eigenvalue weighted by Gasteiger charge is -2.42. The van der Waals surface area contributed by atoms with Gasteiger partial charge in [-0.2, -0.15) is 0 Å². The molecule has 0 aromatic carbocycles. The summed E-state index contributed by atoms with van der Waals surface area (Å²) in [4.78, 5) is 2.40. The van der Waals surface area contributed by atoms with Gasteiger partial charge in [0, 0.05) is 25.7 Å². The minimum Gasteiger partial charge on any atom is -0.371 e. The molecule has 2 atom stereocenters. The van der Waals surface area contributed by atoms with Crippen molar-refractivity contribution in [2.24, 2.45) is 5.92 Å². The Balaban J connectivity index is 1.97. The molecular formula is C13H26N2O. The molecule has 2 rings (SSSR count). The average Bonchev–Trinajstić information content (AvgIpc) is 2.59. The molecule has 2 heterocycles. The second-order valence-electron chi connectivity index (χ2n) is 5.88. The lowest BCUT2D eigenvalue weighted by atomic mass is 9.86. The number of ether oxygens (including phenoxy) is 1. The summed E-state index contributed by atoms with van der Waals surface area (Å²) in [5, 5.41) is 3.68. The predicted molar refractivity (Wildman–Crippen MR) is 66.7 cm³/mol. The van der Waals surface area contributed by atoms with Gasteiger partial charge in [0.25, 0.3) is 0 Å². The standard InChI is InChI=1S/C13H26N2O/c1-11(2)4-5-12-13(16-9-7-14-12)6-8-15(3)10-13/h11-12,14H,4-10H2,1-3H3. The van der Waals surface area contributed by atoms with Gasteiger partial charge in [-0.05, 0) is 32.2 Å². The molecule has 0 aromatic rings. The van der Waals surface area contributed by atoms with Crippen LogP contribution in [0.15, 0.2) is 0 Å². The first-order chi connectivity index (χ1) is 7.62. The predicted octanol–water partition coefficient (Wildman–Crippen LogP) is 1.49. The second-order valence-corrected chi connectivity index (χ2v) is 5.88. The summed E-state index contributed by atoms with van der Waals surface area (Å²) in [6, 6.07) is 0.564. The van der Waals surface area contributed by atoms with Crippen molar-refractivity contribution in [1.82, 2.24) is 10.2 Å². The van der Waals surface area contributed by atoms with Crippen molar-refractivity contribution in [3.63, 3.8) is 0 Å². The molecule has 3 heteroatoms. The van der Waals surface area contributed by atoms with Crippen LogP contribution in [0.4, 0.5) is 0 Å². The van der Waals surface area contributed by atoms with Crippen LogP contribution >= 0.6 is 0 Å². The molecule has 2 unspecified atom stereocenters. The summed E-state index contributed by atoms with van der Waals surface area (Å²) in [5.41, 5.74) is 0.113.